The van der Waals surface area contributed by atoms with Crippen molar-refractivity contribution in [2.75, 3.05) is 6.54 Å². The molecule has 11 heavy (non-hydrogen) atoms. The summed E-state index contributed by atoms with van der Waals surface area (Å²) in [5.41, 5.74) is 1.23. The topological polar surface area (TPSA) is 29.4 Å². The molecule has 0 saturated carbocycles. The van der Waals surface area contributed by atoms with Crippen LogP contribution in [-0.2, 0) is 4.79 Å². The van der Waals surface area contributed by atoms with Crippen molar-refractivity contribution < 1.29 is 4.79 Å². The van der Waals surface area contributed by atoms with E-state index in [1.807, 2.05) is 0 Å². The molecule has 0 atom stereocenters. The number of allylic oxidation sites excluding steroid dienone is 1. The molecule has 0 aliphatic carbocycles. The highest BCUT2D eigenvalue weighted by molar-refractivity contribution is 5.33. The zero-order valence-corrected chi connectivity index (χ0v) is 7.26. The number of isocyanates is 1. The van der Waals surface area contributed by atoms with Crippen molar-refractivity contribution in [2.45, 2.75) is 33.1 Å². The first kappa shape index (κ1) is 10.1. The van der Waals surface area contributed by atoms with Crippen LogP contribution in [0.5, 0.6) is 0 Å². The van der Waals surface area contributed by atoms with Gasteiger partial charge in [0.2, 0.25) is 6.08 Å². The lowest BCUT2D eigenvalue weighted by molar-refractivity contribution is 0.563. The van der Waals surface area contributed by atoms with E-state index in [1.54, 1.807) is 6.08 Å². The summed E-state index contributed by atoms with van der Waals surface area (Å²) in [5.74, 6) is 0. The molecule has 62 valence electrons. The van der Waals surface area contributed by atoms with Gasteiger partial charge in [0.05, 0.1) is 6.54 Å². The third-order valence-electron chi connectivity index (χ3n) is 1.52. The summed E-state index contributed by atoms with van der Waals surface area (Å²) in [6, 6.07) is 0. The number of nitrogens with zero attached hydrogens (tertiary/aromatic N) is 1. The fourth-order valence-electron chi connectivity index (χ4n) is 0.803. The molecular weight excluding hydrogens is 138 g/mol. The quantitative estimate of drug-likeness (QED) is 0.339. The molecule has 0 unspecified atom stereocenters. The maximum absolute atomic E-state index is 9.78. The van der Waals surface area contributed by atoms with Crippen molar-refractivity contribution in [3.8, 4) is 0 Å². The lowest BCUT2D eigenvalue weighted by Gasteiger charge is -1.96. The van der Waals surface area contributed by atoms with Gasteiger partial charge in [0.15, 0.2) is 0 Å². The molecule has 2 nitrogen and oxygen atoms in total. The van der Waals surface area contributed by atoms with Gasteiger partial charge in [-0.2, -0.15) is 0 Å². The van der Waals surface area contributed by atoms with Crippen LogP contribution in [0.1, 0.15) is 33.1 Å². The molecule has 0 saturated heterocycles. The minimum Gasteiger partial charge on any atom is -0.211 e. The number of aliphatic imine (C=N–C) groups is 1. The van der Waals surface area contributed by atoms with Crippen molar-refractivity contribution in [1.82, 2.24) is 0 Å². The fraction of sp³-hybridized carbons (Fsp3) is 0.667. The highest BCUT2D eigenvalue weighted by atomic mass is 16.1. The number of unbranched alkanes of at least 4 members (excludes halogenated alkanes) is 1. The molecule has 0 aromatic carbocycles. The van der Waals surface area contributed by atoms with Gasteiger partial charge in [-0.05, 0) is 12.8 Å². The van der Waals surface area contributed by atoms with Crippen LogP contribution < -0.4 is 0 Å². The zero-order valence-electron chi connectivity index (χ0n) is 7.26. The minimum absolute atomic E-state index is 0.528. The SMILES string of the molecule is CCCC=C(CC)CN=C=O. The molecule has 0 aliphatic heterocycles. The van der Waals surface area contributed by atoms with Crippen molar-refractivity contribution in [3.05, 3.63) is 11.6 Å². The monoisotopic (exact) mass is 153 g/mol. The van der Waals surface area contributed by atoms with E-state index in [4.69, 9.17) is 0 Å². The van der Waals surface area contributed by atoms with Gasteiger partial charge in [0, 0.05) is 0 Å². The molecule has 2 heteroatoms. The second-order valence-corrected chi connectivity index (χ2v) is 2.41. The molecule has 0 bridgehead atoms. The van der Waals surface area contributed by atoms with Gasteiger partial charge in [-0.1, -0.05) is 31.9 Å². The van der Waals surface area contributed by atoms with Crippen LogP contribution in [-0.4, -0.2) is 12.6 Å². The van der Waals surface area contributed by atoms with E-state index in [0.29, 0.717) is 6.54 Å². The summed E-state index contributed by atoms with van der Waals surface area (Å²) >= 11 is 0. The van der Waals surface area contributed by atoms with Gasteiger partial charge >= 0.3 is 0 Å². The molecule has 0 radical (unpaired) electrons. The highest BCUT2D eigenvalue weighted by Crippen LogP contribution is 2.03. The van der Waals surface area contributed by atoms with Crippen LogP contribution in [0, 0.1) is 0 Å². The predicted octanol–water partition coefficient (Wildman–Crippen LogP) is 2.46. The Bertz CT molecular complexity index is 166. The van der Waals surface area contributed by atoms with Gasteiger partial charge in [-0.15, -0.1) is 0 Å². The minimum atomic E-state index is 0.528. The Labute approximate surface area is 68.0 Å². The summed E-state index contributed by atoms with van der Waals surface area (Å²) in [6.45, 7) is 4.73. The average Bonchev–Trinajstić information content (AvgIpc) is 2.05. The van der Waals surface area contributed by atoms with Crippen LogP contribution in [0.25, 0.3) is 0 Å². The summed E-state index contributed by atoms with van der Waals surface area (Å²) in [4.78, 5) is 13.3. The smallest absolute Gasteiger partial charge is 0.211 e. The summed E-state index contributed by atoms with van der Waals surface area (Å²) in [6.07, 6.45) is 6.90. The number of carbonyl (C=O) groups excluding carboxylic acids is 1. The molecule has 0 aromatic heterocycles. The molecule has 0 rings (SSSR count). The van der Waals surface area contributed by atoms with Crippen molar-refractivity contribution in [2.24, 2.45) is 4.99 Å². The first-order valence-electron chi connectivity index (χ1n) is 4.06. The number of rotatable bonds is 5. The molecule has 0 fully saturated rings. The van der Waals surface area contributed by atoms with Crippen LogP contribution in [0.15, 0.2) is 16.6 Å². The highest BCUT2D eigenvalue weighted by Gasteiger charge is 1.90. The normalized spacial score (nSPS) is 10.9. The van der Waals surface area contributed by atoms with Gasteiger partial charge in [-0.3, -0.25) is 0 Å². The van der Waals surface area contributed by atoms with Crippen molar-refractivity contribution in [1.29, 1.82) is 0 Å². The summed E-state index contributed by atoms with van der Waals surface area (Å²) in [5, 5.41) is 0. The number of hydrogen-bond donors (Lipinski definition) is 0. The predicted molar refractivity (Wildman–Crippen MR) is 46.3 cm³/mol. The lowest BCUT2D eigenvalue weighted by atomic mass is 10.1. The second-order valence-electron chi connectivity index (χ2n) is 2.41. The first-order valence-corrected chi connectivity index (χ1v) is 4.06. The van der Waals surface area contributed by atoms with Crippen molar-refractivity contribution >= 4 is 6.08 Å². The summed E-state index contributed by atoms with van der Waals surface area (Å²) < 4.78 is 0. The molecular formula is C9H15NO. The number of hydrogen-bond acceptors (Lipinski definition) is 2. The zero-order chi connectivity index (χ0) is 8.53. The van der Waals surface area contributed by atoms with E-state index in [2.05, 4.69) is 24.9 Å². The Morgan fingerprint density at radius 3 is 2.73 bits per heavy atom. The molecule has 0 aliphatic rings. The van der Waals surface area contributed by atoms with Gasteiger partial charge in [0.25, 0.3) is 0 Å². The average molecular weight is 153 g/mol. The third kappa shape index (κ3) is 5.56. The van der Waals surface area contributed by atoms with E-state index in [9.17, 15) is 4.79 Å². The second kappa shape index (κ2) is 7.23. The molecule has 0 N–H and O–H groups in total. The standard InChI is InChI=1S/C9H15NO/c1-3-5-6-9(4-2)7-10-8-11/h6H,3-5,7H2,1-2H3. The molecule has 0 amide bonds. The molecule has 0 aromatic rings. The van der Waals surface area contributed by atoms with E-state index < -0.39 is 0 Å². The van der Waals surface area contributed by atoms with E-state index in [1.165, 1.54) is 5.57 Å². The summed E-state index contributed by atoms with van der Waals surface area (Å²) in [7, 11) is 0. The third-order valence-corrected chi connectivity index (χ3v) is 1.52. The Hall–Kier alpha value is -0.880. The lowest BCUT2D eigenvalue weighted by Crippen LogP contribution is -1.86. The Morgan fingerprint density at radius 1 is 1.55 bits per heavy atom. The van der Waals surface area contributed by atoms with E-state index in [0.717, 1.165) is 19.3 Å². The van der Waals surface area contributed by atoms with Gasteiger partial charge in [0.1, 0.15) is 0 Å². The first-order chi connectivity index (χ1) is 5.35. The largest absolute Gasteiger partial charge is 0.235 e. The molecule has 0 heterocycles. The van der Waals surface area contributed by atoms with Crippen molar-refractivity contribution in [3.63, 3.8) is 0 Å². The molecule has 0 spiro atoms. The van der Waals surface area contributed by atoms with Crippen LogP contribution in [0.3, 0.4) is 0 Å². The van der Waals surface area contributed by atoms with E-state index >= 15 is 0 Å². The Morgan fingerprint density at radius 2 is 2.27 bits per heavy atom. The van der Waals surface area contributed by atoms with Crippen LogP contribution >= 0.6 is 0 Å². The maximum atomic E-state index is 9.78. The van der Waals surface area contributed by atoms with Crippen LogP contribution in [0.4, 0.5) is 0 Å². The maximum Gasteiger partial charge on any atom is 0.235 e. The van der Waals surface area contributed by atoms with Gasteiger partial charge < -0.3 is 0 Å². The van der Waals surface area contributed by atoms with Gasteiger partial charge in [-0.25, -0.2) is 9.79 Å². The van der Waals surface area contributed by atoms with Crippen LogP contribution in [0.2, 0.25) is 0 Å². The Balaban J connectivity index is 3.82. The Kier molecular flexibility index (Phi) is 6.65. The van der Waals surface area contributed by atoms with E-state index in [-0.39, 0.29) is 0 Å². The fourth-order valence-corrected chi connectivity index (χ4v) is 0.803.